The summed E-state index contributed by atoms with van der Waals surface area (Å²) >= 11 is 0. The van der Waals surface area contributed by atoms with Crippen LogP contribution in [-0.2, 0) is 14.8 Å². The number of hydrogen-bond donors (Lipinski definition) is 2. The first-order valence-electron chi connectivity index (χ1n) is 5.37. The lowest BCUT2D eigenvalue weighted by Crippen LogP contribution is -2.43. The van der Waals surface area contributed by atoms with Crippen LogP contribution in [0.1, 0.15) is 25.7 Å². The van der Waals surface area contributed by atoms with E-state index in [1.165, 1.54) is 4.31 Å². The molecule has 0 spiro atoms. The summed E-state index contributed by atoms with van der Waals surface area (Å²) in [6.07, 6.45) is 1.42. The second-order valence-electron chi connectivity index (χ2n) is 4.05. The number of nitrogens with zero attached hydrogens (tertiary/aromatic N) is 1. The fourth-order valence-corrected chi connectivity index (χ4v) is 3.22. The van der Waals surface area contributed by atoms with Gasteiger partial charge in [0, 0.05) is 25.6 Å². The highest BCUT2D eigenvalue weighted by atomic mass is 32.2. The van der Waals surface area contributed by atoms with Gasteiger partial charge in [0.1, 0.15) is 0 Å². The number of aliphatic carboxylic acids is 1. The van der Waals surface area contributed by atoms with Gasteiger partial charge in [-0.15, -0.1) is 0 Å². The van der Waals surface area contributed by atoms with Crippen LogP contribution < -0.4 is 5.73 Å². The molecule has 0 aliphatic carbocycles. The highest BCUT2D eigenvalue weighted by Gasteiger charge is 2.26. The third-order valence-electron chi connectivity index (χ3n) is 2.68. The van der Waals surface area contributed by atoms with E-state index in [4.69, 9.17) is 10.8 Å². The van der Waals surface area contributed by atoms with Crippen LogP contribution in [0.25, 0.3) is 0 Å². The fraction of sp³-hybridized carbons (Fsp3) is 0.889. The van der Waals surface area contributed by atoms with Crippen LogP contribution in [0.5, 0.6) is 0 Å². The molecule has 3 N–H and O–H groups in total. The van der Waals surface area contributed by atoms with Gasteiger partial charge in [-0.25, -0.2) is 12.7 Å². The molecule has 0 bridgehead atoms. The molecule has 1 fully saturated rings. The van der Waals surface area contributed by atoms with Crippen LogP contribution in [0.15, 0.2) is 0 Å². The standard InChI is InChI=1S/C9H18N2O4S/c10-8-3-5-11(6-4-8)16(14,15)7-1-2-9(12)13/h8H,1-7,10H2,(H,12,13). The summed E-state index contributed by atoms with van der Waals surface area (Å²) in [7, 11) is -3.29. The highest BCUT2D eigenvalue weighted by molar-refractivity contribution is 7.89. The van der Waals surface area contributed by atoms with E-state index in [1.54, 1.807) is 0 Å². The van der Waals surface area contributed by atoms with Gasteiger partial charge in [0.25, 0.3) is 0 Å². The van der Waals surface area contributed by atoms with E-state index in [9.17, 15) is 13.2 Å². The van der Waals surface area contributed by atoms with E-state index in [2.05, 4.69) is 0 Å². The molecular weight excluding hydrogens is 232 g/mol. The van der Waals surface area contributed by atoms with Gasteiger partial charge in [-0.3, -0.25) is 4.79 Å². The number of piperidine rings is 1. The Bertz CT molecular complexity index is 333. The van der Waals surface area contributed by atoms with Gasteiger partial charge in [-0.2, -0.15) is 0 Å². The summed E-state index contributed by atoms with van der Waals surface area (Å²) in [5.74, 6) is -1.05. The van der Waals surface area contributed by atoms with Crippen molar-refractivity contribution in [3.8, 4) is 0 Å². The summed E-state index contributed by atoms with van der Waals surface area (Å²) in [4.78, 5) is 10.3. The maximum absolute atomic E-state index is 11.8. The molecule has 0 aromatic heterocycles. The molecule has 16 heavy (non-hydrogen) atoms. The third-order valence-corrected chi connectivity index (χ3v) is 4.64. The summed E-state index contributed by atoms with van der Waals surface area (Å²) in [6.45, 7) is 0.910. The van der Waals surface area contributed by atoms with Gasteiger partial charge in [0.05, 0.1) is 5.75 Å². The van der Waals surface area contributed by atoms with Crippen molar-refractivity contribution in [2.45, 2.75) is 31.7 Å². The Hall–Kier alpha value is -0.660. The minimum Gasteiger partial charge on any atom is -0.481 e. The van der Waals surface area contributed by atoms with Gasteiger partial charge in [0.2, 0.25) is 10.0 Å². The zero-order valence-electron chi connectivity index (χ0n) is 9.13. The summed E-state index contributed by atoms with van der Waals surface area (Å²) < 4.78 is 24.9. The van der Waals surface area contributed by atoms with Gasteiger partial charge < -0.3 is 10.8 Å². The molecule has 7 heteroatoms. The third kappa shape index (κ3) is 4.07. The van der Waals surface area contributed by atoms with Crippen LogP contribution >= 0.6 is 0 Å². The fourth-order valence-electron chi connectivity index (χ4n) is 1.69. The zero-order valence-corrected chi connectivity index (χ0v) is 9.95. The second-order valence-corrected chi connectivity index (χ2v) is 6.14. The lowest BCUT2D eigenvalue weighted by atomic mass is 10.1. The van der Waals surface area contributed by atoms with Crippen molar-refractivity contribution in [1.29, 1.82) is 0 Å². The number of carboxylic acids is 1. The molecule has 0 unspecified atom stereocenters. The first-order chi connectivity index (χ1) is 7.42. The van der Waals surface area contributed by atoms with E-state index in [0.29, 0.717) is 25.9 Å². The molecule has 1 aliphatic rings. The van der Waals surface area contributed by atoms with Crippen LogP contribution in [0.3, 0.4) is 0 Å². The summed E-state index contributed by atoms with van der Waals surface area (Å²) in [5.41, 5.74) is 5.68. The average molecular weight is 250 g/mol. The second kappa shape index (κ2) is 5.60. The lowest BCUT2D eigenvalue weighted by molar-refractivity contribution is -0.137. The lowest BCUT2D eigenvalue weighted by Gasteiger charge is -2.29. The number of nitrogens with two attached hydrogens (primary N) is 1. The molecule has 94 valence electrons. The van der Waals surface area contributed by atoms with Crippen LogP contribution in [0.2, 0.25) is 0 Å². The molecule has 1 rings (SSSR count). The van der Waals surface area contributed by atoms with Crippen molar-refractivity contribution in [3.05, 3.63) is 0 Å². The molecule has 0 aromatic carbocycles. The smallest absolute Gasteiger partial charge is 0.303 e. The molecule has 6 nitrogen and oxygen atoms in total. The SMILES string of the molecule is NC1CCN(S(=O)(=O)CCCC(=O)O)CC1. The Labute approximate surface area is 95.5 Å². The predicted molar refractivity (Wildman–Crippen MR) is 59.4 cm³/mol. The zero-order chi connectivity index (χ0) is 12.2. The maximum Gasteiger partial charge on any atom is 0.303 e. The maximum atomic E-state index is 11.8. The van der Waals surface area contributed by atoms with Crippen molar-refractivity contribution >= 4 is 16.0 Å². The van der Waals surface area contributed by atoms with E-state index in [-0.39, 0.29) is 24.6 Å². The Morgan fingerprint density at radius 3 is 2.44 bits per heavy atom. The number of rotatable bonds is 5. The van der Waals surface area contributed by atoms with Crippen molar-refractivity contribution in [1.82, 2.24) is 4.31 Å². The molecule has 0 radical (unpaired) electrons. The van der Waals surface area contributed by atoms with Gasteiger partial charge in [0.15, 0.2) is 0 Å². The van der Waals surface area contributed by atoms with Crippen molar-refractivity contribution in [2.24, 2.45) is 5.73 Å². The van der Waals surface area contributed by atoms with Gasteiger partial charge in [-0.1, -0.05) is 0 Å². The van der Waals surface area contributed by atoms with Gasteiger partial charge >= 0.3 is 5.97 Å². The number of carbonyl (C=O) groups is 1. The Morgan fingerprint density at radius 1 is 1.38 bits per heavy atom. The van der Waals surface area contributed by atoms with E-state index in [0.717, 1.165) is 0 Å². The van der Waals surface area contributed by atoms with E-state index in [1.807, 2.05) is 0 Å². The first kappa shape index (κ1) is 13.4. The topological polar surface area (TPSA) is 101 Å². The van der Waals surface area contributed by atoms with Crippen LogP contribution in [0, 0.1) is 0 Å². The Kier molecular flexibility index (Phi) is 4.69. The normalized spacial score (nSPS) is 19.8. The number of sulfonamides is 1. The van der Waals surface area contributed by atoms with Crippen LogP contribution in [0.4, 0.5) is 0 Å². The molecule has 1 heterocycles. The Balaban J connectivity index is 2.41. The van der Waals surface area contributed by atoms with Crippen LogP contribution in [-0.4, -0.2) is 48.7 Å². The molecular formula is C9H18N2O4S. The molecule has 0 saturated carbocycles. The largest absolute Gasteiger partial charge is 0.481 e. The first-order valence-corrected chi connectivity index (χ1v) is 6.98. The minimum atomic E-state index is -3.29. The average Bonchev–Trinajstić information content (AvgIpc) is 2.17. The highest BCUT2D eigenvalue weighted by Crippen LogP contribution is 2.14. The quantitative estimate of drug-likeness (QED) is 0.691. The van der Waals surface area contributed by atoms with Crippen molar-refractivity contribution < 1.29 is 18.3 Å². The summed E-state index contributed by atoms with van der Waals surface area (Å²) in [5, 5.41) is 8.43. The molecule has 0 atom stereocenters. The molecule has 0 amide bonds. The molecule has 1 saturated heterocycles. The minimum absolute atomic E-state index is 0.0884. The van der Waals surface area contributed by atoms with Gasteiger partial charge in [-0.05, 0) is 19.3 Å². The van der Waals surface area contributed by atoms with E-state index >= 15 is 0 Å². The predicted octanol–water partition coefficient (Wildman–Crippen LogP) is -0.396. The Morgan fingerprint density at radius 2 is 1.94 bits per heavy atom. The van der Waals surface area contributed by atoms with Crippen molar-refractivity contribution in [3.63, 3.8) is 0 Å². The number of carboxylic acid groups (broad SMARTS) is 1. The summed E-state index contributed by atoms with van der Waals surface area (Å²) in [6, 6.07) is 0.0884. The molecule has 0 aromatic rings. The van der Waals surface area contributed by atoms with Crippen molar-refractivity contribution in [2.75, 3.05) is 18.8 Å². The molecule has 1 aliphatic heterocycles. The number of hydrogen-bond acceptors (Lipinski definition) is 4. The monoisotopic (exact) mass is 250 g/mol. The van der Waals surface area contributed by atoms with E-state index < -0.39 is 16.0 Å².